The number of hydrogen-bond acceptors (Lipinski definition) is 2. The van der Waals surface area contributed by atoms with E-state index < -0.39 is 0 Å². The summed E-state index contributed by atoms with van der Waals surface area (Å²) in [7, 11) is 0. The lowest BCUT2D eigenvalue weighted by atomic mass is 10.4. The number of rotatable bonds is 4. The minimum absolute atomic E-state index is 0.173. The molecule has 0 atom stereocenters. The van der Waals surface area contributed by atoms with Gasteiger partial charge in [0.15, 0.2) is 0 Å². The molecular weight excluding hydrogens is 191 g/mol. The fraction of sp³-hybridized carbons (Fsp3) is 0.333. The molecule has 12 heavy (non-hydrogen) atoms. The van der Waals surface area contributed by atoms with Gasteiger partial charge in [-0.2, -0.15) is 12.6 Å². The van der Waals surface area contributed by atoms with Crippen LogP contribution in [0.3, 0.4) is 0 Å². The first-order valence-electron chi connectivity index (χ1n) is 3.82. The second kappa shape index (κ2) is 5.49. The average Bonchev–Trinajstić information content (AvgIpc) is 2.09. The summed E-state index contributed by atoms with van der Waals surface area (Å²) in [6.07, 6.45) is 1.09. The predicted octanol–water partition coefficient (Wildman–Crippen LogP) is 3.24. The van der Waals surface area contributed by atoms with Gasteiger partial charge in [0, 0.05) is 4.90 Å². The summed E-state index contributed by atoms with van der Waals surface area (Å²) in [5.74, 6) is 1.79. The van der Waals surface area contributed by atoms with Gasteiger partial charge in [-0.15, -0.1) is 11.8 Å². The van der Waals surface area contributed by atoms with Crippen molar-refractivity contribution in [3.63, 3.8) is 0 Å². The summed E-state index contributed by atoms with van der Waals surface area (Å²) in [4.78, 5) is 1.12. The number of thioether (sulfide) groups is 1. The minimum Gasteiger partial charge on any atom is -0.207 e. The largest absolute Gasteiger partial charge is 0.207 e. The van der Waals surface area contributed by atoms with E-state index >= 15 is 0 Å². The van der Waals surface area contributed by atoms with Crippen molar-refractivity contribution in [2.75, 3.05) is 11.5 Å². The molecule has 1 rings (SSSR count). The normalized spacial score (nSPS) is 10.2. The van der Waals surface area contributed by atoms with Crippen molar-refractivity contribution in [2.45, 2.75) is 11.3 Å². The molecule has 0 aliphatic carbocycles. The SMILES string of the molecule is Fc1ccc(SCCCS)cc1. The van der Waals surface area contributed by atoms with Gasteiger partial charge in [0.2, 0.25) is 0 Å². The van der Waals surface area contributed by atoms with Crippen LogP contribution in [0.1, 0.15) is 6.42 Å². The summed E-state index contributed by atoms with van der Waals surface area (Å²) >= 11 is 5.85. The van der Waals surface area contributed by atoms with Crippen molar-refractivity contribution in [3.8, 4) is 0 Å². The topological polar surface area (TPSA) is 0 Å². The van der Waals surface area contributed by atoms with Crippen molar-refractivity contribution in [1.82, 2.24) is 0 Å². The van der Waals surface area contributed by atoms with Crippen LogP contribution in [0.15, 0.2) is 29.2 Å². The van der Waals surface area contributed by atoms with E-state index in [0.717, 1.165) is 22.8 Å². The van der Waals surface area contributed by atoms with Gasteiger partial charge in [0.05, 0.1) is 0 Å². The quantitative estimate of drug-likeness (QED) is 0.444. The number of hydrogen-bond donors (Lipinski definition) is 1. The standard InChI is InChI=1S/C9H11FS2/c10-8-2-4-9(5-3-8)12-7-1-6-11/h2-5,11H,1,6-7H2. The third kappa shape index (κ3) is 3.50. The summed E-state index contributed by atoms with van der Waals surface area (Å²) < 4.78 is 12.5. The van der Waals surface area contributed by atoms with Crippen molar-refractivity contribution >= 4 is 24.4 Å². The molecule has 0 saturated carbocycles. The van der Waals surface area contributed by atoms with E-state index in [-0.39, 0.29) is 5.82 Å². The first-order chi connectivity index (χ1) is 5.83. The molecule has 0 aromatic heterocycles. The van der Waals surface area contributed by atoms with Crippen LogP contribution in [0.4, 0.5) is 4.39 Å². The van der Waals surface area contributed by atoms with Gasteiger partial charge in [0.25, 0.3) is 0 Å². The zero-order valence-corrected chi connectivity index (χ0v) is 8.38. The van der Waals surface area contributed by atoms with Crippen LogP contribution in [-0.2, 0) is 0 Å². The van der Waals surface area contributed by atoms with Crippen molar-refractivity contribution < 1.29 is 4.39 Å². The Hall–Kier alpha value is -0.150. The molecule has 0 radical (unpaired) electrons. The molecule has 1 aromatic rings. The lowest BCUT2D eigenvalue weighted by Crippen LogP contribution is -1.81. The maximum Gasteiger partial charge on any atom is 0.123 e. The highest BCUT2D eigenvalue weighted by atomic mass is 32.2. The number of thiol groups is 1. The minimum atomic E-state index is -0.173. The molecule has 0 saturated heterocycles. The molecule has 0 unspecified atom stereocenters. The van der Waals surface area contributed by atoms with E-state index in [2.05, 4.69) is 12.6 Å². The lowest BCUT2D eigenvalue weighted by molar-refractivity contribution is 0.626. The Bertz CT molecular complexity index is 220. The molecule has 0 aliphatic heterocycles. The molecular formula is C9H11FS2. The van der Waals surface area contributed by atoms with Crippen LogP contribution in [0, 0.1) is 5.82 Å². The van der Waals surface area contributed by atoms with E-state index in [0.29, 0.717) is 0 Å². The van der Waals surface area contributed by atoms with E-state index in [9.17, 15) is 4.39 Å². The van der Waals surface area contributed by atoms with Crippen LogP contribution in [0.25, 0.3) is 0 Å². The Morgan fingerprint density at radius 2 is 1.92 bits per heavy atom. The average molecular weight is 202 g/mol. The van der Waals surface area contributed by atoms with E-state index in [1.807, 2.05) is 0 Å². The molecule has 0 amide bonds. The zero-order valence-electron chi connectivity index (χ0n) is 6.66. The van der Waals surface area contributed by atoms with Crippen molar-refractivity contribution in [1.29, 1.82) is 0 Å². The molecule has 0 spiro atoms. The Kier molecular flexibility index (Phi) is 4.54. The summed E-state index contributed by atoms with van der Waals surface area (Å²) in [5.41, 5.74) is 0. The van der Waals surface area contributed by atoms with Crippen LogP contribution < -0.4 is 0 Å². The first kappa shape index (κ1) is 9.93. The first-order valence-corrected chi connectivity index (χ1v) is 5.44. The Morgan fingerprint density at radius 3 is 2.50 bits per heavy atom. The highest BCUT2D eigenvalue weighted by molar-refractivity contribution is 7.99. The third-order valence-corrected chi connectivity index (χ3v) is 2.80. The van der Waals surface area contributed by atoms with Crippen LogP contribution in [-0.4, -0.2) is 11.5 Å². The molecule has 0 heterocycles. The number of benzene rings is 1. The van der Waals surface area contributed by atoms with Gasteiger partial charge in [0.1, 0.15) is 5.82 Å². The second-order valence-corrected chi connectivity index (χ2v) is 4.00. The van der Waals surface area contributed by atoms with Gasteiger partial charge in [-0.25, -0.2) is 4.39 Å². The van der Waals surface area contributed by atoms with E-state index in [1.54, 1.807) is 23.9 Å². The van der Waals surface area contributed by atoms with Gasteiger partial charge < -0.3 is 0 Å². The second-order valence-electron chi connectivity index (χ2n) is 2.38. The fourth-order valence-electron chi connectivity index (χ4n) is 0.785. The highest BCUT2D eigenvalue weighted by Gasteiger charge is 1.93. The van der Waals surface area contributed by atoms with Crippen LogP contribution in [0.5, 0.6) is 0 Å². The molecule has 0 bridgehead atoms. The van der Waals surface area contributed by atoms with Gasteiger partial charge in [-0.3, -0.25) is 0 Å². The predicted molar refractivity (Wildman–Crippen MR) is 55.6 cm³/mol. The zero-order chi connectivity index (χ0) is 8.81. The third-order valence-electron chi connectivity index (χ3n) is 1.38. The van der Waals surface area contributed by atoms with E-state index in [1.165, 1.54) is 12.1 Å². The molecule has 0 fully saturated rings. The Morgan fingerprint density at radius 1 is 1.25 bits per heavy atom. The van der Waals surface area contributed by atoms with Crippen LogP contribution >= 0.6 is 24.4 Å². The monoisotopic (exact) mass is 202 g/mol. The van der Waals surface area contributed by atoms with Gasteiger partial charge >= 0.3 is 0 Å². The van der Waals surface area contributed by atoms with E-state index in [4.69, 9.17) is 0 Å². The molecule has 1 aromatic carbocycles. The smallest absolute Gasteiger partial charge is 0.123 e. The highest BCUT2D eigenvalue weighted by Crippen LogP contribution is 2.18. The summed E-state index contributed by atoms with van der Waals surface area (Å²) in [6, 6.07) is 6.59. The van der Waals surface area contributed by atoms with Crippen molar-refractivity contribution in [3.05, 3.63) is 30.1 Å². The van der Waals surface area contributed by atoms with Crippen LogP contribution in [0.2, 0.25) is 0 Å². The number of halogens is 1. The molecule has 0 aliphatic rings. The maximum atomic E-state index is 12.5. The molecule has 0 N–H and O–H groups in total. The summed E-state index contributed by atoms with van der Waals surface area (Å²) in [6.45, 7) is 0. The molecule has 3 heteroatoms. The maximum absolute atomic E-state index is 12.5. The summed E-state index contributed by atoms with van der Waals surface area (Å²) in [5, 5.41) is 0. The van der Waals surface area contributed by atoms with Gasteiger partial charge in [-0.05, 0) is 42.2 Å². The molecule has 0 nitrogen and oxygen atoms in total. The Balaban J connectivity index is 2.37. The molecule has 66 valence electrons. The fourth-order valence-corrected chi connectivity index (χ4v) is 2.01. The Labute approximate surface area is 82.0 Å². The van der Waals surface area contributed by atoms with Gasteiger partial charge in [-0.1, -0.05) is 0 Å². The lowest BCUT2D eigenvalue weighted by Gasteiger charge is -1.98. The van der Waals surface area contributed by atoms with Crippen molar-refractivity contribution in [2.24, 2.45) is 0 Å².